The Labute approximate surface area is 213 Å². The van der Waals surface area contributed by atoms with Crippen molar-refractivity contribution in [2.24, 2.45) is 0 Å². The van der Waals surface area contributed by atoms with Gasteiger partial charge in [0.1, 0.15) is 12.6 Å². The lowest BCUT2D eigenvalue weighted by atomic mass is 10.1. The van der Waals surface area contributed by atoms with Gasteiger partial charge in [0.15, 0.2) is 0 Å². The number of hydrogen-bond acceptors (Lipinski definition) is 10. The van der Waals surface area contributed by atoms with E-state index in [1.807, 2.05) is 0 Å². The van der Waals surface area contributed by atoms with Crippen LogP contribution in [0.5, 0.6) is 0 Å². The summed E-state index contributed by atoms with van der Waals surface area (Å²) in [7, 11) is 0. The zero-order valence-electron chi connectivity index (χ0n) is 20.2. The topological polar surface area (TPSA) is 205 Å². The van der Waals surface area contributed by atoms with Crippen molar-refractivity contribution in [1.82, 2.24) is 20.0 Å². The van der Waals surface area contributed by atoms with E-state index in [9.17, 15) is 28.8 Å². The highest BCUT2D eigenvalue weighted by atomic mass is 16.4. The van der Waals surface area contributed by atoms with Gasteiger partial charge >= 0.3 is 23.9 Å². The van der Waals surface area contributed by atoms with Crippen LogP contribution in [-0.2, 0) is 30.5 Å². The van der Waals surface area contributed by atoms with Crippen molar-refractivity contribution in [1.29, 1.82) is 0 Å². The molecular formula is C23H32N4O10. The summed E-state index contributed by atoms with van der Waals surface area (Å²) in [6.45, 7) is -1.55. The maximum absolute atomic E-state index is 11.9. The fourth-order valence-electron chi connectivity index (χ4n) is 3.52. The lowest BCUT2D eigenvalue weighted by Crippen LogP contribution is -2.50. The van der Waals surface area contributed by atoms with Gasteiger partial charge in [0, 0.05) is 44.8 Å². The molecule has 1 aromatic rings. The lowest BCUT2D eigenvalue weighted by molar-refractivity contribution is -0.143. The summed E-state index contributed by atoms with van der Waals surface area (Å²) in [5.74, 6) is -4.90. The van der Waals surface area contributed by atoms with E-state index in [4.69, 9.17) is 20.4 Å². The van der Waals surface area contributed by atoms with Gasteiger partial charge in [-0.25, -0.2) is 0 Å². The number of aliphatic carboxylic acids is 4. The number of carboxylic acid groups (broad SMARTS) is 4. The van der Waals surface area contributed by atoms with Crippen molar-refractivity contribution in [3.05, 3.63) is 35.4 Å². The number of nitrogens with zero attached hydrogens (tertiary/aromatic N) is 3. The molecule has 1 unspecified atom stereocenters. The molecule has 0 fully saturated rings. The number of hydrogen-bond donors (Lipinski definition) is 5. The van der Waals surface area contributed by atoms with Gasteiger partial charge in [-0.05, 0) is 5.56 Å². The summed E-state index contributed by atoms with van der Waals surface area (Å²) in [5.41, 5.74) is 1.37. The minimum absolute atomic E-state index is 0.0199. The first kappa shape index (κ1) is 31.3. The largest absolute Gasteiger partial charge is 0.480 e. The van der Waals surface area contributed by atoms with Crippen molar-refractivity contribution >= 4 is 36.4 Å². The second-order valence-electron chi connectivity index (χ2n) is 8.23. The number of carbonyl (C=O) groups is 6. The SMILES string of the molecule is O=Cc1ccc(CNCC(C=O)N(CCN(CC(=O)O)CC(=O)O)CCN(CC(=O)O)CC(=O)O)cc1. The maximum atomic E-state index is 11.9. The van der Waals surface area contributed by atoms with Gasteiger partial charge in [-0.1, -0.05) is 24.3 Å². The predicted molar refractivity (Wildman–Crippen MR) is 128 cm³/mol. The fourth-order valence-corrected chi connectivity index (χ4v) is 3.52. The molecule has 0 bridgehead atoms. The molecule has 0 aliphatic rings. The van der Waals surface area contributed by atoms with E-state index >= 15 is 0 Å². The van der Waals surface area contributed by atoms with Gasteiger partial charge in [-0.2, -0.15) is 0 Å². The standard InChI is InChI=1S/C23H32N4O10/c28-15-18-3-1-17(2-4-18)9-24-10-19(16-29)27(7-5-25(11-20(30)31)12-21(32)33)8-6-26(13-22(34)35)14-23(36)37/h1-4,15-16,19,24H,5-14H2,(H,30,31)(H,32,33)(H,34,35)(H,36,37). The molecule has 1 rings (SSSR count). The molecule has 0 spiro atoms. The van der Waals surface area contributed by atoms with Gasteiger partial charge in [-0.15, -0.1) is 0 Å². The van der Waals surface area contributed by atoms with Crippen LogP contribution in [0.1, 0.15) is 15.9 Å². The van der Waals surface area contributed by atoms with Crippen molar-refractivity contribution in [2.75, 3.05) is 58.9 Å². The fraction of sp³-hybridized carbons (Fsp3) is 0.478. The van der Waals surface area contributed by atoms with Gasteiger partial charge in [0.05, 0.1) is 32.2 Å². The zero-order valence-corrected chi connectivity index (χ0v) is 20.2. The molecule has 14 nitrogen and oxygen atoms in total. The number of benzene rings is 1. The number of nitrogens with one attached hydrogen (secondary N) is 1. The van der Waals surface area contributed by atoms with Crippen LogP contribution in [0.4, 0.5) is 0 Å². The Morgan fingerprint density at radius 3 is 1.51 bits per heavy atom. The molecule has 14 heteroatoms. The molecule has 0 aromatic heterocycles. The molecule has 1 aromatic carbocycles. The first-order chi connectivity index (χ1) is 17.5. The number of aldehydes is 2. The van der Waals surface area contributed by atoms with E-state index in [1.54, 1.807) is 29.2 Å². The summed E-state index contributed by atoms with van der Waals surface area (Å²) in [6, 6.07) is 6.02. The third kappa shape index (κ3) is 13.8. The minimum Gasteiger partial charge on any atom is -0.480 e. The average molecular weight is 525 g/mol. The molecule has 0 aliphatic heterocycles. The van der Waals surface area contributed by atoms with Crippen molar-refractivity contribution < 1.29 is 49.2 Å². The van der Waals surface area contributed by atoms with Crippen LogP contribution in [-0.4, -0.2) is 137 Å². The minimum atomic E-state index is -1.23. The van der Waals surface area contributed by atoms with E-state index < -0.39 is 56.1 Å². The van der Waals surface area contributed by atoms with Crippen LogP contribution < -0.4 is 5.32 Å². The molecule has 5 N–H and O–H groups in total. The van der Waals surface area contributed by atoms with Crippen molar-refractivity contribution in [2.45, 2.75) is 12.6 Å². The van der Waals surface area contributed by atoms with E-state index in [2.05, 4.69) is 5.32 Å². The third-order valence-corrected chi connectivity index (χ3v) is 5.27. The van der Waals surface area contributed by atoms with Gasteiger partial charge in [0.2, 0.25) is 0 Å². The Hall–Kier alpha value is -3.72. The summed E-state index contributed by atoms with van der Waals surface area (Å²) in [6.07, 6.45) is 1.37. The number of carboxylic acids is 4. The quantitative estimate of drug-likeness (QED) is 0.115. The second kappa shape index (κ2) is 16.9. The first-order valence-electron chi connectivity index (χ1n) is 11.3. The molecular weight excluding hydrogens is 492 g/mol. The predicted octanol–water partition coefficient (Wildman–Crippen LogP) is -1.60. The smallest absolute Gasteiger partial charge is 0.317 e. The molecule has 0 aliphatic carbocycles. The Morgan fingerprint density at radius 2 is 1.16 bits per heavy atom. The Bertz CT molecular complexity index is 853. The van der Waals surface area contributed by atoms with Crippen molar-refractivity contribution in [3.8, 4) is 0 Å². The highest BCUT2D eigenvalue weighted by Gasteiger charge is 2.22. The van der Waals surface area contributed by atoms with Crippen LogP contribution in [0, 0.1) is 0 Å². The average Bonchev–Trinajstić information content (AvgIpc) is 2.81. The third-order valence-electron chi connectivity index (χ3n) is 5.27. The van der Waals surface area contributed by atoms with E-state index in [0.29, 0.717) is 24.7 Å². The van der Waals surface area contributed by atoms with Crippen LogP contribution in [0.2, 0.25) is 0 Å². The monoisotopic (exact) mass is 524 g/mol. The molecule has 1 atom stereocenters. The highest BCUT2D eigenvalue weighted by molar-refractivity contribution is 5.74. The molecule has 0 amide bonds. The molecule has 204 valence electrons. The molecule has 0 saturated carbocycles. The molecule has 0 heterocycles. The zero-order chi connectivity index (χ0) is 27.8. The molecule has 37 heavy (non-hydrogen) atoms. The Balaban J connectivity index is 2.93. The van der Waals surface area contributed by atoms with Crippen LogP contribution in [0.15, 0.2) is 24.3 Å². The maximum Gasteiger partial charge on any atom is 0.317 e. The number of rotatable bonds is 21. The van der Waals surface area contributed by atoms with Gasteiger partial charge in [-0.3, -0.25) is 38.7 Å². The normalized spacial score (nSPS) is 12.0. The highest BCUT2D eigenvalue weighted by Crippen LogP contribution is 2.04. The van der Waals surface area contributed by atoms with Gasteiger partial charge in [0.25, 0.3) is 0 Å². The van der Waals surface area contributed by atoms with E-state index in [0.717, 1.165) is 5.56 Å². The van der Waals surface area contributed by atoms with Gasteiger partial charge < -0.3 is 30.5 Å². The second-order valence-corrected chi connectivity index (χ2v) is 8.23. The van der Waals surface area contributed by atoms with Crippen LogP contribution >= 0.6 is 0 Å². The van der Waals surface area contributed by atoms with E-state index in [-0.39, 0.29) is 32.7 Å². The van der Waals surface area contributed by atoms with Crippen LogP contribution in [0.3, 0.4) is 0 Å². The summed E-state index contributed by atoms with van der Waals surface area (Å²) < 4.78 is 0. The lowest BCUT2D eigenvalue weighted by Gasteiger charge is -2.32. The van der Waals surface area contributed by atoms with Crippen LogP contribution in [0.25, 0.3) is 0 Å². The molecule has 0 saturated heterocycles. The Kier molecular flexibility index (Phi) is 14.3. The number of carbonyl (C=O) groups excluding carboxylic acids is 2. The van der Waals surface area contributed by atoms with E-state index in [1.165, 1.54) is 9.80 Å². The van der Waals surface area contributed by atoms with Crippen molar-refractivity contribution in [3.63, 3.8) is 0 Å². The summed E-state index contributed by atoms with van der Waals surface area (Å²) in [4.78, 5) is 71.1. The first-order valence-corrected chi connectivity index (χ1v) is 11.3. The summed E-state index contributed by atoms with van der Waals surface area (Å²) in [5, 5.41) is 39.4. The Morgan fingerprint density at radius 1 is 0.730 bits per heavy atom. The summed E-state index contributed by atoms with van der Waals surface area (Å²) >= 11 is 0. The molecule has 0 radical (unpaired) electrons.